The number of carbonyl (C=O) groups excluding carboxylic acids is 3. The highest BCUT2D eigenvalue weighted by atomic mass is 32.2. The summed E-state index contributed by atoms with van der Waals surface area (Å²) in [6.45, 7) is 14.0. The molecule has 4 aliphatic heterocycles. The van der Waals surface area contributed by atoms with Gasteiger partial charge in [-0.3, -0.25) is 19.2 Å². The van der Waals surface area contributed by atoms with Gasteiger partial charge in [0.15, 0.2) is 11.3 Å². The predicted octanol–water partition coefficient (Wildman–Crippen LogP) is 6.20. The maximum absolute atomic E-state index is 14.8. The van der Waals surface area contributed by atoms with Gasteiger partial charge in [-0.1, -0.05) is 51.8 Å². The summed E-state index contributed by atoms with van der Waals surface area (Å²) in [5, 5.41) is 49.1. The molecule has 0 aromatic heterocycles. The molecule has 4 heterocycles. The SMILES string of the molecule is CO[C@H]1/C=C/O[C@@]2(C)Oc3c(C)c(O)c4c(=O)c(c5oc6cc(C#CC[N+](C)(C)CC7CS7)cc(O)c6nc-5c4c3C2=O)NC(=O)/C(C)=C\C=C\[C@H](C)[C@H](O)[C@@H](C)[C@@H](O)[C@@H](C)[C@H](OC(C)=O)[C@@H]1C. The normalized spacial score (nSPS) is 29.7. The molecule has 0 saturated carbocycles. The molecule has 68 heavy (non-hydrogen) atoms. The van der Waals surface area contributed by atoms with Crippen molar-refractivity contribution in [2.45, 2.75) is 90.8 Å². The van der Waals surface area contributed by atoms with E-state index in [2.05, 4.69) is 31.3 Å². The second-order valence-corrected chi connectivity index (χ2v) is 20.4. The number of carbonyl (C=O) groups is 3. The molecule has 0 radical (unpaired) electrons. The number of rotatable bonds is 5. The molecule has 1 unspecified atom stereocenters. The van der Waals surface area contributed by atoms with Gasteiger partial charge >= 0.3 is 11.8 Å². The number of thioether (sulfide) groups is 1. The number of allylic oxidation sites excluding steroid dienone is 2. The Balaban J connectivity index is 1.42. The van der Waals surface area contributed by atoms with Crippen LogP contribution in [0.5, 0.6) is 17.2 Å². The molecule has 10 atom stereocenters. The zero-order valence-electron chi connectivity index (χ0n) is 40.1. The van der Waals surface area contributed by atoms with Crippen molar-refractivity contribution in [1.29, 1.82) is 0 Å². The van der Waals surface area contributed by atoms with Crippen molar-refractivity contribution in [3.8, 4) is 40.5 Å². The summed E-state index contributed by atoms with van der Waals surface area (Å²) in [6, 6.07) is 2.99. The van der Waals surface area contributed by atoms with Crippen LogP contribution in [0.4, 0.5) is 5.69 Å². The number of aromatic nitrogens is 1. The van der Waals surface area contributed by atoms with Gasteiger partial charge in [0, 0.05) is 72.5 Å². The van der Waals surface area contributed by atoms with Gasteiger partial charge < -0.3 is 53.6 Å². The molecule has 2 aromatic carbocycles. The standard InChI is InChI=1S/C51H59N3O13S/c1-24-14-12-15-25(2)50(62)53-41-45(60)37-36(40-48(41)66-35-21-31(20-33(56)39(35)52-40)16-13-18-54(9,10)22-32-23-68-32)38-47(29(6)44(37)59)67-51(8,49(38)61)64-19-17-34(63-11)26(3)46(65-30(7)55)28(5)43(58)27(4)42(24)57/h12,14-15,17,19-21,24,26-28,32,34,42-43,46,57-58H,18,22-23H2,1-11H3,(H2-,52,53,56,59,60,61,62)/p+1/b14-12+,19-17+,25-15-/t24-,26+,27+,28+,32?,34-,42-,43+,46+,51-/m0/s1. The largest absolute Gasteiger partial charge is 0.507 e. The van der Waals surface area contributed by atoms with E-state index in [0.717, 1.165) is 12.3 Å². The van der Waals surface area contributed by atoms with Crippen LogP contribution >= 0.6 is 11.8 Å². The number of aliphatic hydroxyl groups excluding tert-OH is 2. The minimum absolute atomic E-state index is 0.00977. The second-order valence-electron chi connectivity index (χ2n) is 19.1. The van der Waals surface area contributed by atoms with Crippen LogP contribution in [0.3, 0.4) is 0 Å². The lowest BCUT2D eigenvalue weighted by atomic mass is 9.78. The minimum Gasteiger partial charge on any atom is -0.507 e. The van der Waals surface area contributed by atoms with E-state index in [1.807, 2.05) is 11.8 Å². The maximum Gasteiger partial charge on any atom is 0.312 e. The molecule has 1 fully saturated rings. The Hall–Kier alpha value is -5.90. The van der Waals surface area contributed by atoms with Crippen LogP contribution in [0, 0.1) is 42.4 Å². The number of ether oxygens (including phenoxy) is 4. The number of aliphatic hydroxyl groups is 2. The van der Waals surface area contributed by atoms with Crippen LogP contribution in [0.1, 0.15) is 70.0 Å². The Bertz CT molecular complexity index is 2870. The van der Waals surface area contributed by atoms with Crippen LogP contribution in [0.2, 0.25) is 0 Å². The van der Waals surface area contributed by atoms with Crippen LogP contribution in [0.15, 0.2) is 57.5 Å². The van der Waals surface area contributed by atoms with Gasteiger partial charge in [-0.2, -0.15) is 11.8 Å². The molecule has 5 aliphatic rings. The van der Waals surface area contributed by atoms with E-state index < -0.39 is 88.4 Å². The third-order valence-corrected chi connectivity index (χ3v) is 14.2. The topological polar surface area (TPSA) is 224 Å². The van der Waals surface area contributed by atoms with Crippen molar-refractivity contribution in [2.75, 3.05) is 45.4 Å². The number of nitrogens with one attached hydrogen (secondary N) is 1. The predicted molar refractivity (Wildman–Crippen MR) is 258 cm³/mol. The number of quaternary nitrogens is 1. The number of phenols is 2. The Labute approximate surface area is 398 Å². The monoisotopic (exact) mass is 954 g/mol. The zero-order chi connectivity index (χ0) is 49.7. The molecule has 5 N–H and O–H groups in total. The molecule has 1 amide bonds. The van der Waals surface area contributed by atoms with Crippen LogP contribution < -0.4 is 15.5 Å². The first-order chi connectivity index (χ1) is 32.0. The number of amides is 1. The van der Waals surface area contributed by atoms with E-state index in [0.29, 0.717) is 21.8 Å². The lowest BCUT2D eigenvalue weighted by molar-refractivity contribution is -0.881. The Morgan fingerprint density at radius 2 is 1.74 bits per heavy atom. The molecule has 362 valence electrons. The summed E-state index contributed by atoms with van der Waals surface area (Å²) in [7, 11) is 5.63. The fourth-order valence-corrected chi connectivity index (χ4v) is 9.86. The number of aromatic hydroxyl groups is 2. The first kappa shape index (κ1) is 50.0. The fraction of sp³-hybridized carbons (Fsp3) is 0.471. The smallest absolute Gasteiger partial charge is 0.312 e. The van der Waals surface area contributed by atoms with Crippen molar-refractivity contribution in [3.63, 3.8) is 0 Å². The van der Waals surface area contributed by atoms with E-state index in [9.17, 15) is 39.6 Å². The number of fused-ring (bicyclic) bond motifs is 2. The fourth-order valence-electron chi connectivity index (χ4n) is 9.11. The van der Waals surface area contributed by atoms with Crippen LogP contribution in [-0.4, -0.2) is 123 Å². The molecule has 1 aliphatic carbocycles. The Morgan fingerprint density at radius 3 is 2.40 bits per heavy atom. The molecule has 2 aromatic rings. The van der Waals surface area contributed by atoms with Crippen molar-refractivity contribution in [2.24, 2.45) is 23.7 Å². The number of phenolic OH excluding ortho intramolecular Hbond substituents is 2. The summed E-state index contributed by atoms with van der Waals surface area (Å²) < 4.78 is 31.0. The summed E-state index contributed by atoms with van der Waals surface area (Å²) in [4.78, 5) is 60.8. The Morgan fingerprint density at radius 1 is 1.03 bits per heavy atom. The molecule has 1 saturated heterocycles. The van der Waals surface area contributed by atoms with Crippen molar-refractivity contribution in [1.82, 2.24) is 4.98 Å². The van der Waals surface area contributed by atoms with E-state index in [1.165, 1.54) is 59.3 Å². The second kappa shape index (κ2) is 19.2. The summed E-state index contributed by atoms with van der Waals surface area (Å²) in [6.07, 6.45) is 3.42. The number of methoxy groups -OCH3 is 1. The molecule has 17 heteroatoms. The van der Waals surface area contributed by atoms with Gasteiger partial charge in [0.1, 0.15) is 46.8 Å². The third kappa shape index (κ3) is 9.70. The van der Waals surface area contributed by atoms with Crippen LogP contribution in [0.25, 0.3) is 33.3 Å². The van der Waals surface area contributed by atoms with E-state index >= 15 is 0 Å². The molecule has 16 nitrogen and oxygen atoms in total. The average Bonchev–Trinajstić information content (AvgIpc) is 4.05. The van der Waals surface area contributed by atoms with E-state index in [4.69, 9.17) is 28.3 Å². The molecular weight excluding hydrogens is 895 g/mol. The highest BCUT2D eigenvalue weighted by molar-refractivity contribution is 8.06. The molecule has 7 rings (SSSR count). The number of hydrogen-bond acceptors (Lipinski definition) is 15. The summed E-state index contributed by atoms with van der Waals surface area (Å²) in [5.41, 5.74) is -1.14. The van der Waals surface area contributed by atoms with Gasteiger partial charge in [-0.05, 0) is 38.0 Å². The Kier molecular flexibility index (Phi) is 14.1. The van der Waals surface area contributed by atoms with Gasteiger partial charge in [0.25, 0.3) is 11.7 Å². The van der Waals surface area contributed by atoms with Gasteiger partial charge in [0.05, 0.1) is 61.4 Å². The first-order valence-electron chi connectivity index (χ1n) is 22.5. The number of hydrogen-bond donors (Lipinski definition) is 5. The molecular formula is C51H60N3O13S+. The number of ketones is 1. The summed E-state index contributed by atoms with van der Waals surface area (Å²) in [5.74, 6) is -0.593. The highest BCUT2D eigenvalue weighted by Gasteiger charge is 2.50. The van der Waals surface area contributed by atoms with E-state index in [1.54, 1.807) is 45.9 Å². The van der Waals surface area contributed by atoms with Crippen molar-refractivity contribution in [3.05, 3.63) is 75.2 Å². The van der Waals surface area contributed by atoms with Crippen molar-refractivity contribution >= 4 is 57.0 Å². The number of anilines is 1. The zero-order valence-corrected chi connectivity index (χ0v) is 40.9. The van der Waals surface area contributed by atoms with Gasteiger partial charge in [0.2, 0.25) is 5.43 Å². The highest BCUT2D eigenvalue weighted by Crippen LogP contribution is 2.51. The van der Waals surface area contributed by atoms with Crippen molar-refractivity contribution < 1.29 is 62.7 Å². The lowest BCUT2D eigenvalue weighted by Crippen LogP contribution is -2.46. The lowest BCUT2D eigenvalue weighted by Gasteiger charge is -2.38. The number of nitrogens with zero attached hydrogens (tertiary/aromatic N) is 2. The summed E-state index contributed by atoms with van der Waals surface area (Å²) >= 11 is 1.91. The van der Waals surface area contributed by atoms with Crippen LogP contribution in [-0.2, 0) is 23.8 Å². The third-order valence-electron chi connectivity index (χ3n) is 13.3. The van der Waals surface area contributed by atoms with Gasteiger partial charge in [-0.15, -0.1) is 0 Å². The number of esters is 1. The first-order valence-corrected chi connectivity index (χ1v) is 23.6. The van der Waals surface area contributed by atoms with E-state index in [-0.39, 0.29) is 61.5 Å². The minimum atomic E-state index is -2.09. The van der Waals surface area contributed by atoms with Gasteiger partial charge in [-0.25, -0.2) is 4.98 Å². The maximum atomic E-state index is 14.8. The molecule has 0 spiro atoms. The molecule has 4 bridgehead atoms. The quantitative estimate of drug-likeness (QED) is 0.0375. The number of Topliss-reactive ketones (excluding diaryl/α,β-unsaturated/α-hetero) is 1. The average molecular weight is 955 g/mol. The number of benzene rings is 3.